The number of benzene rings is 2. The first-order chi connectivity index (χ1) is 11.9. The Kier molecular flexibility index (Phi) is 3.96. The quantitative estimate of drug-likeness (QED) is 0.760. The van der Waals surface area contributed by atoms with Gasteiger partial charge in [-0.15, -0.1) is 0 Å². The van der Waals surface area contributed by atoms with E-state index in [9.17, 15) is 8.42 Å². The highest BCUT2D eigenvalue weighted by atomic mass is 79.9. The lowest BCUT2D eigenvalue weighted by Gasteiger charge is -2.21. The van der Waals surface area contributed by atoms with Crippen molar-refractivity contribution in [1.29, 1.82) is 0 Å². The smallest absolute Gasteiger partial charge is 0.247 e. The van der Waals surface area contributed by atoms with Gasteiger partial charge in [-0.25, -0.2) is 8.42 Å². The van der Waals surface area contributed by atoms with Crippen LogP contribution in [0.2, 0.25) is 0 Å². The average molecular weight is 423 g/mol. The van der Waals surface area contributed by atoms with Crippen LogP contribution in [0.1, 0.15) is 23.6 Å². The third kappa shape index (κ3) is 3.11. The predicted octanol–water partition coefficient (Wildman–Crippen LogP) is 3.29. The van der Waals surface area contributed by atoms with E-state index in [1.165, 1.54) is 10.7 Å². The molecule has 2 aromatic rings. The van der Waals surface area contributed by atoms with Crippen molar-refractivity contribution >= 4 is 31.7 Å². The second-order valence-electron chi connectivity index (χ2n) is 5.93. The van der Waals surface area contributed by atoms with Crippen molar-refractivity contribution in [2.24, 2.45) is 5.10 Å². The normalized spacial score (nSPS) is 19.2. The molecule has 2 aliphatic rings. The van der Waals surface area contributed by atoms with Crippen molar-refractivity contribution < 1.29 is 17.9 Å². The summed E-state index contributed by atoms with van der Waals surface area (Å²) < 4.78 is 37.3. The van der Waals surface area contributed by atoms with Gasteiger partial charge in [0.15, 0.2) is 11.5 Å². The summed E-state index contributed by atoms with van der Waals surface area (Å²) in [6.45, 7) is 0.180. The van der Waals surface area contributed by atoms with Crippen LogP contribution < -0.4 is 9.47 Å². The van der Waals surface area contributed by atoms with Gasteiger partial charge < -0.3 is 9.47 Å². The molecular weight excluding hydrogens is 408 g/mol. The van der Waals surface area contributed by atoms with E-state index in [1.54, 1.807) is 6.07 Å². The lowest BCUT2D eigenvalue weighted by Crippen LogP contribution is -2.25. The van der Waals surface area contributed by atoms with Gasteiger partial charge >= 0.3 is 0 Å². The number of rotatable bonds is 3. The fourth-order valence-corrected chi connectivity index (χ4v) is 4.31. The largest absolute Gasteiger partial charge is 0.454 e. The predicted molar refractivity (Wildman–Crippen MR) is 97.3 cm³/mol. The molecule has 0 radical (unpaired) electrons. The van der Waals surface area contributed by atoms with Gasteiger partial charge in [0.25, 0.3) is 0 Å². The molecule has 0 fully saturated rings. The number of fused-ring (bicyclic) bond motifs is 1. The SMILES string of the molecule is CS(=O)(=O)N1N=C(c2cccc(Br)c2)C[C@@H]1c1ccc2c(c1)OCO2. The van der Waals surface area contributed by atoms with E-state index >= 15 is 0 Å². The maximum Gasteiger partial charge on any atom is 0.247 e. The van der Waals surface area contributed by atoms with E-state index in [4.69, 9.17) is 9.47 Å². The monoisotopic (exact) mass is 422 g/mol. The fourth-order valence-electron chi connectivity index (χ4n) is 3.01. The molecule has 0 N–H and O–H groups in total. The minimum absolute atomic E-state index is 0.180. The zero-order chi connectivity index (χ0) is 17.6. The minimum Gasteiger partial charge on any atom is -0.454 e. The van der Waals surface area contributed by atoms with Gasteiger partial charge in [0.05, 0.1) is 18.0 Å². The van der Waals surface area contributed by atoms with Crippen LogP contribution in [0.5, 0.6) is 11.5 Å². The van der Waals surface area contributed by atoms with E-state index in [2.05, 4.69) is 21.0 Å². The van der Waals surface area contributed by atoms with E-state index in [0.717, 1.165) is 21.3 Å². The molecule has 0 aromatic heterocycles. The van der Waals surface area contributed by atoms with Gasteiger partial charge in [-0.3, -0.25) is 0 Å². The molecule has 2 heterocycles. The summed E-state index contributed by atoms with van der Waals surface area (Å²) in [5.41, 5.74) is 2.45. The van der Waals surface area contributed by atoms with Gasteiger partial charge in [0, 0.05) is 10.9 Å². The van der Waals surface area contributed by atoms with Crippen LogP contribution in [-0.4, -0.2) is 31.6 Å². The van der Waals surface area contributed by atoms with E-state index in [1.807, 2.05) is 36.4 Å². The molecule has 25 heavy (non-hydrogen) atoms. The molecule has 0 saturated carbocycles. The van der Waals surface area contributed by atoms with Gasteiger partial charge in [0.2, 0.25) is 16.8 Å². The Morgan fingerprint density at radius 2 is 1.96 bits per heavy atom. The first-order valence-corrected chi connectivity index (χ1v) is 10.3. The summed E-state index contributed by atoms with van der Waals surface area (Å²) in [4.78, 5) is 0. The molecule has 0 amide bonds. The van der Waals surface area contributed by atoms with Crippen molar-refractivity contribution in [2.75, 3.05) is 13.0 Å². The highest BCUT2D eigenvalue weighted by Crippen LogP contribution is 2.40. The Balaban J connectivity index is 1.73. The maximum absolute atomic E-state index is 12.2. The van der Waals surface area contributed by atoms with Crippen molar-refractivity contribution in [3.63, 3.8) is 0 Å². The molecule has 0 saturated heterocycles. The molecule has 130 valence electrons. The third-order valence-electron chi connectivity index (χ3n) is 4.15. The highest BCUT2D eigenvalue weighted by molar-refractivity contribution is 9.10. The Bertz CT molecular complexity index is 974. The summed E-state index contributed by atoms with van der Waals surface area (Å²) in [7, 11) is -3.50. The fraction of sp³-hybridized carbons (Fsp3) is 0.235. The second-order valence-corrected chi connectivity index (χ2v) is 8.68. The van der Waals surface area contributed by atoms with Gasteiger partial charge in [-0.2, -0.15) is 9.52 Å². The second kappa shape index (κ2) is 6.03. The molecule has 0 spiro atoms. The number of hydrazone groups is 1. The number of sulfonamides is 1. The molecule has 0 bridgehead atoms. The molecule has 2 aromatic carbocycles. The van der Waals surface area contributed by atoms with Crippen LogP contribution >= 0.6 is 15.9 Å². The van der Waals surface area contributed by atoms with Crippen LogP contribution in [0.15, 0.2) is 52.0 Å². The first kappa shape index (κ1) is 16.4. The van der Waals surface area contributed by atoms with Crippen LogP contribution in [0.25, 0.3) is 0 Å². The molecule has 4 rings (SSSR count). The van der Waals surface area contributed by atoms with Crippen LogP contribution in [-0.2, 0) is 10.0 Å². The van der Waals surface area contributed by atoms with E-state index in [0.29, 0.717) is 17.9 Å². The summed E-state index contributed by atoms with van der Waals surface area (Å²) in [5.74, 6) is 1.29. The topological polar surface area (TPSA) is 68.2 Å². The molecule has 0 aliphatic carbocycles. The molecular formula is C17H15BrN2O4S. The minimum atomic E-state index is -3.50. The molecule has 1 atom stereocenters. The van der Waals surface area contributed by atoms with Crippen molar-refractivity contribution in [1.82, 2.24) is 4.41 Å². The third-order valence-corrected chi connectivity index (χ3v) is 5.66. The molecule has 2 aliphatic heterocycles. The first-order valence-electron chi connectivity index (χ1n) is 7.64. The van der Waals surface area contributed by atoms with Crippen molar-refractivity contribution in [3.05, 3.63) is 58.1 Å². The zero-order valence-electron chi connectivity index (χ0n) is 13.3. The number of hydrogen-bond acceptors (Lipinski definition) is 5. The number of ether oxygens (including phenoxy) is 2. The number of hydrogen-bond donors (Lipinski definition) is 0. The van der Waals surface area contributed by atoms with Crippen LogP contribution in [0.4, 0.5) is 0 Å². The van der Waals surface area contributed by atoms with E-state index < -0.39 is 16.1 Å². The Labute approximate surface area is 154 Å². The number of nitrogens with zero attached hydrogens (tertiary/aromatic N) is 2. The Morgan fingerprint density at radius 1 is 1.16 bits per heavy atom. The van der Waals surface area contributed by atoms with E-state index in [-0.39, 0.29) is 6.79 Å². The summed E-state index contributed by atoms with van der Waals surface area (Å²) in [5, 5.41) is 4.39. The summed E-state index contributed by atoms with van der Waals surface area (Å²) >= 11 is 3.44. The standard InChI is InChI=1S/C17H15BrN2O4S/c1-25(21,22)20-15(12-5-6-16-17(8-12)24-10-23-16)9-14(19-20)11-3-2-4-13(18)7-11/h2-8,15H,9-10H2,1H3/t15-/m1/s1. The Morgan fingerprint density at radius 3 is 2.72 bits per heavy atom. The number of halogens is 1. The van der Waals surface area contributed by atoms with Crippen LogP contribution in [0, 0.1) is 0 Å². The molecule has 8 heteroatoms. The van der Waals surface area contributed by atoms with Gasteiger partial charge in [-0.05, 0) is 35.4 Å². The lowest BCUT2D eigenvalue weighted by atomic mass is 9.99. The Hall–Kier alpha value is -2.06. The van der Waals surface area contributed by atoms with Crippen molar-refractivity contribution in [3.8, 4) is 11.5 Å². The molecule has 0 unspecified atom stereocenters. The summed E-state index contributed by atoms with van der Waals surface area (Å²) in [6.07, 6.45) is 1.66. The van der Waals surface area contributed by atoms with Crippen LogP contribution in [0.3, 0.4) is 0 Å². The molecule has 6 nitrogen and oxygen atoms in total. The lowest BCUT2D eigenvalue weighted by molar-refractivity contribution is 0.174. The summed E-state index contributed by atoms with van der Waals surface area (Å²) in [6, 6.07) is 12.8. The average Bonchev–Trinajstić information content (AvgIpc) is 3.20. The van der Waals surface area contributed by atoms with Gasteiger partial charge in [0.1, 0.15) is 0 Å². The zero-order valence-corrected chi connectivity index (χ0v) is 15.7. The van der Waals surface area contributed by atoms with Gasteiger partial charge in [-0.1, -0.05) is 34.1 Å². The maximum atomic E-state index is 12.2. The highest BCUT2D eigenvalue weighted by Gasteiger charge is 2.35. The van der Waals surface area contributed by atoms with Crippen molar-refractivity contribution in [2.45, 2.75) is 12.5 Å².